The van der Waals surface area contributed by atoms with Crippen LogP contribution >= 0.6 is 23.2 Å². The number of hydrogen-bond donors (Lipinski definition) is 0. The van der Waals surface area contributed by atoms with Gasteiger partial charge in [0.25, 0.3) is 0 Å². The fourth-order valence-corrected chi connectivity index (χ4v) is 1.37. The fourth-order valence-electron chi connectivity index (χ4n) is 0.920. The van der Waals surface area contributed by atoms with E-state index in [9.17, 15) is 0 Å². The van der Waals surface area contributed by atoms with Gasteiger partial charge < -0.3 is 0 Å². The van der Waals surface area contributed by atoms with Crippen molar-refractivity contribution in [2.24, 2.45) is 0 Å². The van der Waals surface area contributed by atoms with Gasteiger partial charge in [0, 0.05) is 5.69 Å². The Hall–Kier alpha value is -0.340. The van der Waals surface area contributed by atoms with Crippen molar-refractivity contribution in [2.45, 2.75) is 26.2 Å². The number of rotatable bonds is 3. The highest BCUT2D eigenvalue weighted by molar-refractivity contribution is 6.31. The Kier molecular flexibility index (Phi) is 3.76. The summed E-state index contributed by atoms with van der Waals surface area (Å²) in [5, 5.41) is 0.648. The Morgan fingerprint density at radius 3 is 2.67 bits per heavy atom. The number of unbranched alkanes of at least 4 members (excludes halogenated alkanes) is 1. The van der Waals surface area contributed by atoms with E-state index in [1.54, 1.807) is 6.07 Å². The minimum atomic E-state index is 0.230. The molecule has 0 amide bonds. The van der Waals surface area contributed by atoms with Crippen molar-refractivity contribution in [1.82, 2.24) is 9.97 Å². The highest BCUT2D eigenvalue weighted by Crippen LogP contribution is 2.12. The normalized spacial score (nSPS) is 10.2. The molecule has 1 heterocycles. The molecule has 4 heteroatoms. The fraction of sp³-hybridized carbons (Fsp3) is 0.500. The van der Waals surface area contributed by atoms with Gasteiger partial charge in [0.15, 0.2) is 0 Å². The lowest BCUT2D eigenvalue weighted by Crippen LogP contribution is -1.92. The Morgan fingerprint density at radius 2 is 2.08 bits per heavy atom. The number of aromatic nitrogens is 2. The van der Waals surface area contributed by atoms with Gasteiger partial charge in [0.2, 0.25) is 5.28 Å². The van der Waals surface area contributed by atoms with Crippen molar-refractivity contribution in [1.29, 1.82) is 0 Å². The molecule has 0 fully saturated rings. The first kappa shape index (κ1) is 9.75. The average molecular weight is 205 g/mol. The molecular weight excluding hydrogens is 195 g/mol. The van der Waals surface area contributed by atoms with E-state index in [0.29, 0.717) is 5.15 Å². The first-order valence-corrected chi connectivity index (χ1v) is 4.67. The van der Waals surface area contributed by atoms with Gasteiger partial charge in [-0.15, -0.1) is 0 Å². The van der Waals surface area contributed by atoms with E-state index in [4.69, 9.17) is 23.2 Å². The molecule has 0 aliphatic rings. The Balaban J connectivity index is 2.72. The van der Waals surface area contributed by atoms with Crippen LogP contribution in [0, 0.1) is 0 Å². The lowest BCUT2D eigenvalue weighted by atomic mass is 10.2. The largest absolute Gasteiger partial charge is 0.224 e. The lowest BCUT2D eigenvalue weighted by molar-refractivity contribution is 0.773. The molecule has 12 heavy (non-hydrogen) atoms. The van der Waals surface area contributed by atoms with Crippen molar-refractivity contribution in [3.05, 3.63) is 22.2 Å². The molecule has 0 saturated heterocycles. The van der Waals surface area contributed by atoms with Crippen LogP contribution in [0.4, 0.5) is 0 Å². The highest BCUT2D eigenvalue weighted by Gasteiger charge is 1.99. The van der Waals surface area contributed by atoms with Gasteiger partial charge in [-0.1, -0.05) is 24.9 Å². The maximum absolute atomic E-state index is 5.69. The van der Waals surface area contributed by atoms with Crippen LogP contribution in [0.5, 0.6) is 0 Å². The molecule has 1 aromatic heterocycles. The molecule has 0 unspecified atom stereocenters. The van der Waals surface area contributed by atoms with E-state index in [1.165, 1.54) is 0 Å². The number of halogens is 2. The second kappa shape index (κ2) is 4.63. The zero-order valence-electron chi connectivity index (χ0n) is 6.85. The molecule has 0 bridgehead atoms. The standard InChI is InChI=1S/C8H10Cl2N2/c1-2-3-4-6-5-7(9)12-8(10)11-6/h5H,2-4H2,1H3. The van der Waals surface area contributed by atoms with E-state index in [2.05, 4.69) is 16.9 Å². The van der Waals surface area contributed by atoms with E-state index in [-0.39, 0.29) is 5.28 Å². The summed E-state index contributed by atoms with van der Waals surface area (Å²) in [5.41, 5.74) is 0.918. The smallest absolute Gasteiger partial charge is 0.223 e. The van der Waals surface area contributed by atoms with Crippen molar-refractivity contribution in [2.75, 3.05) is 0 Å². The summed E-state index contributed by atoms with van der Waals surface area (Å²) in [6.07, 6.45) is 3.15. The molecule has 66 valence electrons. The lowest BCUT2D eigenvalue weighted by Gasteiger charge is -1.99. The summed E-state index contributed by atoms with van der Waals surface area (Å²) in [4.78, 5) is 7.80. The van der Waals surface area contributed by atoms with Crippen LogP contribution in [0.3, 0.4) is 0 Å². The van der Waals surface area contributed by atoms with E-state index in [0.717, 1.165) is 25.0 Å². The molecule has 0 atom stereocenters. The van der Waals surface area contributed by atoms with Gasteiger partial charge in [-0.05, 0) is 30.5 Å². The molecule has 0 aliphatic heterocycles. The zero-order valence-corrected chi connectivity index (χ0v) is 8.36. The van der Waals surface area contributed by atoms with Crippen molar-refractivity contribution in [3.63, 3.8) is 0 Å². The quantitative estimate of drug-likeness (QED) is 0.559. The maximum Gasteiger partial charge on any atom is 0.224 e. The third-order valence-electron chi connectivity index (χ3n) is 1.51. The summed E-state index contributed by atoms with van der Waals surface area (Å²) in [6, 6.07) is 1.75. The highest BCUT2D eigenvalue weighted by atomic mass is 35.5. The predicted octanol–water partition coefficient (Wildman–Crippen LogP) is 3.13. The molecular formula is C8H10Cl2N2. The molecule has 0 aliphatic carbocycles. The second-order valence-corrected chi connectivity index (χ2v) is 3.28. The van der Waals surface area contributed by atoms with Gasteiger partial charge in [0.05, 0.1) is 0 Å². The molecule has 1 aromatic rings. The summed E-state index contributed by atoms with van der Waals surface area (Å²) in [7, 11) is 0. The molecule has 0 saturated carbocycles. The number of aryl methyl sites for hydroxylation is 1. The monoisotopic (exact) mass is 204 g/mol. The van der Waals surface area contributed by atoms with Crippen LogP contribution in [0.25, 0.3) is 0 Å². The van der Waals surface area contributed by atoms with E-state index < -0.39 is 0 Å². The number of nitrogens with zero attached hydrogens (tertiary/aromatic N) is 2. The van der Waals surface area contributed by atoms with Crippen molar-refractivity contribution >= 4 is 23.2 Å². The summed E-state index contributed by atoms with van der Waals surface area (Å²) >= 11 is 11.3. The van der Waals surface area contributed by atoms with Crippen molar-refractivity contribution in [3.8, 4) is 0 Å². The van der Waals surface area contributed by atoms with Gasteiger partial charge in [-0.3, -0.25) is 0 Å². The second-order valence-electron chi connectivity index (χ2n) is 2.55. The van der Waals surface area contributed by atoms with E-state index in [1.807, 2.05) is 0 Å². The third kappa shape index (κ3) is 2.95. The molecule has 2 nitrogen and oxygen atoms in total. The van der Waals surface area contributed by atoms with Crippen LogP contribution in [0.1, 0.15) is 25.5 Å². The summed E-state index contributed by atoms with van der Waals surface area (Å²) < 4.78 is 0. The van der Waals surface area contributed by atoms with Crippen LogP contribution in [-0.2, 0) is 6.42 Å². The SMILES string of the molecule is CCCCc1cc(Cl)nc(Cl)n1. The average Bonchev–Trinajstić information content (AvgIpc) is 1.99. The van der Waals surface area contributed by atoms with Crippen LogP contribution in [0.2, 0.25) is 10.4 Å². The van der Waals surface area contributed by atoms with Gasteiger partial charge >= 0.3 is 0 Å². The minimum absolute atomic E-state index is 0.230. The minimum Gasteiger partial charge on any atom is -0.223 e. The molecule has 0 radical (unpaired) electrons. The van der Waals surface area contributed by atoms with Gasteiger partial charge in [-0.25, -0.2) is 9.97 Å². The first-order valence-electron chi connectivity index (χ1n) is 3.91. The van der Waals surface area contributed by atoms with Crippen LogP contribution < -0.4 is 0 Å². The molecule has 1 rings (SSSR count). The third-order valence-corrected chi connectivity index (χ3v) is 1.87. The van der Waals surface area contributed by atoms with Crippen LogP contribution in [-0.4, -0.2) is 9.97 Å². The maximum atomic E-state index is 5.69. The van der Waals surface area contributed by atoms with Gasteiger partial charge in [-0.2, -0.15) is 0 Å². The first-order chi connectivity index (χ1) is 5.72. The summed E-state index contributed by atoms with van der Waals surface area (Å²) in [6.45, 7) is 2.13. The number of hydrogen-bond acceptors (Lipinski definition) is 2. The predicted molar refractivity (Wildman–Crippen MR) is 50.7 cm³/mol. The zero-order chi connectivity index (χ0) is 8.97. The Morgan fingerprint density at radius 1 is 1.33 bits per heavy atom. The van der Waals surface area contributed by atoms with E-state index >= 15 is 0 Å². The Bertz CT molecular complexity index is 243. The van der Waals surface area contributed by atoms with Crippen molar-refractivity contribution < 1.29 is 0 Å². The topological polar surface area (TPSA) is 25.8 Å². The summed E-state index contributed by atoms with van der Waals surface area (Å²) in [5.74, 6) is 0. The van der Waals surface area contributed by atoms with Gasteiger partial charge in [0.1, 0.15) is 5.15 Å². The molecule has 0 N–H and O–H groups in total. The molecule has 0 spiro atoms. The Labute approximate surface area is 81.9 Å². The van der Waals surface area contributed by atoms with Crippen LogP contribution in [0.15, 0.2) is 6.07 Å². The molecule has 0 aromatic carbocycles.